The van der Waals surface area contributed by atoms with Crippen molar-refractivity contribution in [3.05, 3.63) is 22.7 Å². The highest BCUT2D eigenvalue weighted by Crippen LogP contribution is 2.30. The first-order valence-corrected chi connectivity index (χ1v) is 6.04. The molecule has 0 unspecified atom stereocenters. The standard InChI is InChI=1S/C12H18BrNO2/c1-14(2)7-4-8-16-11-6-5-10(13)9-12(11)15-3/h5-6,9H,4,7-8H2,1-3H3. The molecule has 1 aromatic rings. The van der Waals surface area contributed by atoms with E-state index in [1.165, 1.54) is 0 Å². The third kappa shape index (κ3) is 4.41. The van der Waals surface area contributed by atoms with Gasteiger partial charge in [-0.15, -0.1) is 0 Å². The summed E-state index contributed by atoms with van der Waals surface area (Å²) in [6.45, 7) is 1.73. The van der Waals surface area contributed by atoms with Crippen LogP contribution in [0.4, 0.5) is 0 Å². The van der Waals surface area contributed by atoms with E-state index in [2.05, 4.69) is 34.9 Å². The summed E-state index contributed by atoms with van der Waals surface area (Å²) in [7, 11) is 5.76. The minimum atomic E-state index is 0.705. The van der Waals surface area contributed by atoms with Crippen LogP contribution in [0, 0.1) is 0 Å². The van der Waals surface area contributed by atoms with Gasteiger partial charge in [0, 0.05) is 11.0 Å². The maximum Gasteiger partial charge on any atom is 0.161 e. The van der Waals surface area contributed by atoms with E-state index in [4.69, 9.17) is 9.47 Å². The quantitative estimate of drug-likeness (QED) is 0.751. The maximum atomic E-state index is 5.66. The summed E-state index contributed by atoms with van der Waals surface area (Å²) in [6.07, 6.45) is 1.01. The van der Waals surface area contributed by atoms with Gasteiger partial charge in [0.15, 0.2) is 11.5 Å². The van der Waals surface area contributed by atoms with E-state index in [-0.39, 0.29) is 0 Å². The van der Waals surface area contributed by atoms with E-state index in [9.17, 15) is 0 Å². The summed E-state index contributed by atoms with van der Waals surface area (Å²) in [6, 6.07) is 5.77. The third-order valence-electron chi connectivity index (χ3n) is 2.13. The van der Waals surface area contributed by atoms with Crippen molar-refractivity contribution in [2.75, 3.05) is 34.4 Å². The van der Waals surface area contributed by atoms with Crippen molar-refractivity contribution in [3.8, 4) is 11.5 Å². The van der Waals surface area contributed by atoms with Crippen LogP contribution >= 0.6 is 15.9 Å². The van der Waals surface area contributed by atoms with Crippen LogP contribution in [-0.4, -0.2) is 39.3 Å². The molecule has 0 atom stereocenters. The Balaban J connectivity index is 2.47. The number of ether oxygens (including phenoxy) is 2. The second-order valence-electron chi connectivity index (χ2n) is 3.80. The van der Waals surface area contributed by atoms with Crippen LogP contribution in [0.3, 0.4) is 0 Å². The number of hydrogen-bond acceptors (Lipinski definition) is 3. The molecule has 1 rings (SSSR count). The predicted molar refractivity (Wildman–Crippen MR) is 69.4 cm³/mol. The van der Waals surface area contributed by atoms with Gasteiger partial charge in [-0.1, -0.05) is 15.9 Å². The van der Waals surface area contributed by atoms with E-state index in [0.717, 1.165) is 28.9 Å². The van der Waals surface area contributed by atoms with Crippen LogP contribution in [0.5, 0.6) is 11.5 Å². The van der Waals surface area contributed by atoms with Gasteiger partial charge in [0.05, 0.1) is 13.7 Å². The molecule has 0 heterocycles. The molecule has 0 aromatic heterocycles. The van der Waals surface area contributed by atoms with Crippen molar-refractivity contribution >= 4 is 15.9 Å². The molecule has 0 bridgehead atoms. The smallest absolute Gasteiger partial charge is 0.161 e. The summed E-state index contributed by atoms with van der Waals surface area (Å²) in [4.78, 5) is 2.14. The molecule has 1 aromatic carbocycles. The molecule has 0 radical (unpaired) electrons. The van der Waals surface area contributed by atoms with Gasteiger partial charge in [0.25, 0.3) is 0 Å². The van der Waals surface area contributed by atoms with Gasteiger partial charge in [-0.3, -0.25) is 0 Å². The highest BCUT2D eigenvalue weighted by molar-refractivity contribution is 9.10. The molecular weight excluding hydrogens is 270 g/mol. The van der Waals surface area contributed by atoms with E-state index < -0.39 is 0 Å². The van der Waals surface area contributed by atoms with Crippen molar-refractivity contribution in [2.45, 2.75) is 6.42 Å². The average molecular weight is 288 g/mol. The van der Waals surface area contributed by atoms with Gasteiger partial charge in [-0.05, 0) is 38.7 Å². The minimum Gasteiger partial charge on any atom is -0.493 e. The van der Waals surface area contributed by atoms with Crippen molar-refractivity contribution in [1.29, 1.82) is 0 Å². The lowest BCUT2D eigenvalue weighted by atomic mass is 10.3. The lowest BCUT2D eigenvalue weighted by molar-refractivity contribution is 0.268. The molecule has 90 valence electrons. The number of halogens is 1. The first kappa shape index (κ1) is 13.3. The van der Waals surface area contributed by atoms with Gasteiger partial charge < -0.3 is 14.4 Å². The first-order chi connectivity index (χ1) is 7.63. The van der Waals surface area contributed by atoms with Crippen molar-refractivity contribution in [1.82, 2.24) is 4.90 Å². The fraction of sp³-hybridized carbons (Fsp3) is 0.500. The van der Waals surface area contributed by atoms with Crippen LogP contribution < -0.4 is 9.47 Å². The van der Waals surface area contributed by atoms with E-state index in [1.807, 2.05) is 18.2 Å². The zero-order valence-electron chi connectivity index (χ0n) is 10.00. The average Bonchev–Trinajstić information content (AvgIpc) is 2.25. The number of rotatable bonds is 6. The van der Waals surface area contributed by atoms with Crippen LogP contribution in [0.25, 0.3) is 0 Å². The van der Waals surface area contributed by atoms with E-state index in [0.29, 0.717) is 6.61 Å². The summed E-state index contributed by atoms with van der Waals surface area (Å²) < 4.78 is 11.9. The highest BCUT2D eigenvalue weighted by Gasteiger charge is 2.04. The van der Waals surface area contributed by atoms with Crippen LogP contribution in [-0.2, 0) is 0 Å². The molecule has 0 spiro atoms. The zero-order valence-corrected chi connectivity index (χ0v) is 11.6. The van der Waals surface area contributed by atoms with Gasteiger partial charge >= 0.3 is 0 Å². The molecule has 0 aliphatic heterocycles. The van der Waals surface area contributed by atoms with E-state index in [1.54, 1.807) is 7.11 Å². The van der Waals surface area contributed by atoms with Gasteiger partial charge in [0.1, 0.15) is 0 Å². The Bertz CT molecular complexity index is 329. The normalized spacial score (nSPS) is 10.6. The summed E-state index contributed by atoms with van der Waals surface area (Å²) in [5.74, 6) is 1.56. The fourth-order valence-electron chi connectivity index (χ4n) is 1.32. The molecular formula is C12H18BrNO2. The van der Waals surface area contributed by atoms with Crippen molar-refractivity contribution < 1.29 is 9.47 Å². The maximum absolute atomic E-state index is 5.66. The predicted octanol–water partition coefficient (Wildman–Crippen LogP) is 2.79. The van der Waals surface area contributed by atoms with Gasteiger partial charge in [0.2, 0.25) is 0 Å². The minimum absolute atomic E-state index is 0.705. The highest BCUT2D eigenvalue weighted by atomic mass is 79.9. The Hall–Kier alpha value is -0.740. The Morgan fingerprint density at radius 2 is 2.00 bits per heavy atom. The molecule has 0 saturated carbocycles. The second-order valence-corrected chi connectivity index (χ2v) is 4.72. The number of nitrogens with zero attached hydrogens (tertiary/aromatic N) is 1. The lowest BCUT2D eigenvalue weighted by Gasteiger charge is -2.12. The number of methoxy groups -OCH3 is 1. The molecule has 16 heavy (non-hydrogen) atoms. The Kier molecular flexibility index (Phi) is 5.63. The Morgan fingerprint density at radius 3 is 2.62 bits per heavy atom. The molecule has 0 saturated heterocycles. The third-order valence-corrected chi connectivity index (χ3v) is 2.63. The summed E-state index contributed by atoms with van der Waals surface area (Å²) >= 11 is 3.40. The number of hydrogen-bond donors (Lipinski definition) is 0. The monoisotopic (exact) mass is 287 g/mol. The van der Waals surface area contributed by atoms with E-state index >= 15 is 0 Å². The van der Waals surface area contributed by atoms with Crippen LogP contribution in [0.1, 0.15) is 6.42 Å². The van der Waals surface area contributed by atoms with Crippen molar-refractivity contribution in [2.24, 2.45) is 0 Å². The topological polar surface area (TPSA) is 21.7 Å². The molecule has 0 fully saturated rings. The second kappa shape index (κ2) is 6.76. The number of benzene rings is 1. The SMILES string of the molecule is COc1cc(Br)ccc1OCCCN(C)C. The Labute approximate surface area is 105 Å². The van der Waals surface area contributed by atoms with Gasteiger partial charge in [-0.2, -0.15) is 0 Å². The van der Waals surface area contributed by atoms with Gasteiger partial charge in [-0.25, -0.2) is 0 Å². The summed E-state index contributed by atoms with van der Waals surface area (Å²) in [5, 5.41) is 0. The zero-order chi connectivity index (χ0) is 12.0. The molecule has 0 aliphatic rings. The molecule has 0 aliphatic carbocycles. The van der Waals surface area contributed by atoms with Crippen molar-refractivity contribution in [3.63, 3.8) is 0 Å². The van der Waals surface area contributed by atoms with Crippen LogP contribution in [0.15, 0.2) is 22.7 Å². The van der Waals surface area contributed by atoms with Crippen LogP contribution in [0.2, 0.25) is 0 Å². The Morgan fingerprint density at radius 1 is 1.25 bits per heavy atom. The molecule has 0 N–H and O–H groups in total. The lowest BCUT2D eigenvalue weighted by Crippen LogP contribution is -2.15. The first-order valence-electron chi connectivity index (χ1n) is 5.24. The summed E-state index contributed by atoms with van der Waals surface area (Å²) in [5.41, 5.74) is 0. The fourth-order valence-corrected chi connectivity index (χ4v) is 1.66. The molecule has 3 nitrogen and oxygen atoms in total. The largest absolute Gasteiger partial charge is 0.493 e. The molecule has 4 heteroatoms. The molecule has 0 amide bonds.